The van der Waals surface area contributed by atoms with Crippen molar-refractivity contribution in [3.63, 3.8) is 0 Å². The van der Waals surface area contributed by atoms with Crippen molar-refractivity contribution in [3.8, 4) is 0 Å². The summed E-state index contributed by atoms with van der Waals surface area (Å²) in [6.07, 6.45) is 0.284. The molecule has 1 aliphatic heterocycles. The van der Waals surface area contributed by atoms with Gasteiger partial charge in [-0.3, -0.25) is 9.59 Å². The Labute approximate surface area is 161 Å². The highest BCUT2D eigenvalue weighted by atomic mass is 32.2. The highest BCUT2D eigenvalue weighted by molar-refractivity contribution is 7.89. The molecule has 1 heterocycles. The van der Waals surface area contributed by atoms with Gasteiger partial charge in [-0.1, -0.05) is 25.1 Å². The lowest BCUT2D eigenvalue weighted by molar-refractivity contribution is -0.134. The second kappa shape index (κ2) is 10.4. The molecule has 2 amide bonds. The maximum absolute atomic E-state index is 12.6. The molecule has 1 aromatic rings. The minimum atomic E-state index is -3.53. The van der Waals surface area contributed by atoms with E-state index in [4.69, 9.17) is 0 Å². The molecule has 0 saturated carbocycles. The van der Waals surface area contributed by atoms with E-state index in [0.717, 1.165) is 6.54 Å². The molecule has 0 spiro atoms. The fourth-order valence-corrected chi connectivity index (χ4v) is 4.30. The van der Waals surface area contributed by atoms with E-state index < -0.39 is 10.0 Å². The third-order valence-corrected chi connectivity index (χ3v) is 6.33. The zero-order chi connectivity index (χ0) is 19.7. The second-order valence-electron chi connectivity index (χ2n) is 6.30. The van der Waals surface area contributed by atoms with E-state index in [1.165, 1.54) is 4.31 Å². The van der Waals surface area contributed by atoms with Crippen LogP contribution in [0.15, 0.2) is 35.2 Å². The Morgan fingerprint density at radius 2 is 1.67 bits per heavy atom. The molecule has 1 saturated heterocycles. The summed E-state index contributed by atoms with van der Waals surface area (Å²) in [5.74, 6) is -0.264. The van der Waals surface area contributed by atoms with Gasteiger partial charge < -0.3 is 15.5 Å². The average molecular weight is 397 g/mol. The standard InChI is InChI=1S/C18H28N4O4S/c1-2-19-10-11-20-17(23)8-9-18(24)21-12-14-22(15-13-21)27(25,26)16-6-4-3-5-7-16/h3-7,19H,2,8-15H2,1H3,(H,20,23). The highest BCUT2D eigenvalue weighted by Gasteiger charge is 2.29. The number of sulfonamides is 1. The van der Waals surface area contributed by atoms with E-state index in [1.54, 1.807) is 35.2 Å². The van der Waals surface area contributed by atoms with Crippen LogP contribution < -0.4 is 10.6 Å². The number of amides is 2. The van der Waals surface area contributed by atoms with Gasteiger partial charge in [0.15, 0.2) is 0 Å². The number of hydrogen-bond acceptors (Lipinski definition) is 5. The van der Waals surface area contributed by atoms with E-state index in [1.807, 2.05) is 6.92 Å². The second-order valence-corrected chi connectivity index (χ2v) is 8.24. The molecular weight excluding hydrogens is 368 g/mol. The number of likely N-dealkylation sites (N-methyl/N-ethyl adjacent to an activating group) is 1. The van der Waals surface area contributed by atoms with Gasteiger partial charge in [-0.05, 0) is 18.7 Å². The van der Waals surface area contributed by atoms with Crippen molar-refractivity contribution in [1.29, 1.82) is 0 Å². The maximum Gasteiger partial charge on any atom is 0.243 e. The van der Waals surface area contributed by atoms with E-state index in [2.05, 4.69) is 10.6 Å². The summed E-state index contributed by atoms with van der Waals surface area (Å²) in [6, 6.07) is 8.29. The minimum absolute atomic E-state index is 0.117. The van der Waals surface area contributed by atoms with E-state index in [0.29, 0.717) is 26.2 Å². The summed E-state index contributed by atoms with van der Waals surface area (Å²) in [7, 11) is -3.53. The fourth-order valence-electron chi connectivity index (χ4n) is 2.85. The quantitative estimate of drug-likeness (QED) is 0.574. The van der Waals surface area contributed by atoms with Crippen molar-refractivity contribution in [1.82, 2.24) is 19.8 Å². The fraction of sp³-hybridized carbons (Fsp3) is 0.556. The van der Waals surface area contributed by atoms with Gasteiger partial charge in [-0.15, -0.1) is 0 Å². The molecule has 9 heteroatoms. The van der Waals surface area contributed by atoms with Gasteiger partial charge in [0, 0.05) is 52.1 Å². The maximum atomic E-state index is 12.6. The Morgan fingerprint density at radius 3 is 2.30 bits per heavy atom. The number of carbonyl (C=O) groups is 2. The molecule has 1 fully saturated rings. The molecule has 8 nitrogen and oxygen atoms in total. The highest BCUT2D eigenvalue weighted by Crippen LogP contribution is 2.17. The van der Waals surface area contributed by atoms with Crippen LogP contribution in [0.2, 0.25) is 0 Å². The van der Waals surface area contributed by atoms with Crippen LogP contribution in [0, 0.1) is 0 Å². The number of carbonyl (C=O) groups excluding carboxylic acids is 2. The Kier molecular flexibility index (Phi) is 8.21. The first-order valence-electron chi connectivity index (χ1n) is 9.25. The molecule has 2 N–H and O–H groups in total. The van der Waals surface area contributed by atoms with Gasteiger partial charge in [0.1, 0.15) is 0 Å². The number of piperazine rings is 1. The Balaban J connectivity index is 1.75. The molecule has 1 aromatic carbocycles. The molecule has 0 radical (unpaired) electrons. The van der Waals surface area contributed by atoms with Crippen LogP contribution in [0.4, 0.5) is 0 Å². The first-order chi connectivity index (χ1) is 12.9. The van der Waals surface area contributed by atoms with Crippen molar-refractivity contribution < 1.29 is 18.0 Å². The van der Waals surface area contributed by atoms with Gasteiger partial charge in [0.2, 0.25) is 21.8 Å². The molecule has 27 heavy (non-hydrogen) atoms. The van der Waals surface area contributed by atoms with Gasteiger partial charge >= 0.3 is 0 Å². The summed E-state index contributed by atoms with van der Waals surface area (Å²) in [6.45, 7) is 5.28. The molecule has 2 rings (SSSR count). The van der Waals surface area contributed by atoms with Crippen molar-refractivity contribution in [2.45, 2.75) is 24.7 Å². The zero-order valence-corrected chi connectivity index (χ0v) is 16.5. The molecule has 0 aliphatic carbocycles. The Bertz CT molecular complexity index is 716. The lowest BCUT2D eigenvalue weighted by atomic mass is 10.2. The van der Waals surface area contributed by atoms with Gasteiger partial charge in [0.05, 0.1) is 4.90 Å². The monoisotopic (exact) mass is 396 g/mol. The summed E-state index contributed by atoms with van der Waals surface area (Å²) in [4.78, 5) is 25.9. The van der Waals surface area contributed by atoms with Crippen LogP contribution in [0.25, 0.3) is 0 Å². The number of hydrogen-bond donors (Lipinski definition) is 2. The largest absolute Gasteiger partial charge is 0.355 e. The molecule has 0 unspecified atom stereocenters. The minimum Gasteiger partial charge on any atom is -0.355 e. The number of rotatable bonds is 9. The number of nitrogens with one attached hydrogen (secondary N) is 2. The van der Waals surface area contributed by atoms with Crippen molar-refractivity contribution in [2.24, 2.45) is 0 Å². The molecule has 150 valence electrons. The van der Waals surface area contributed by atoms with E-state index in [-0.39, 0.29) is 42.6 Å². The Morgan fingerprint density at radius 1 is 1.00 bits per heavy atom. The topological polar surface area (TPSA) is 98.8 Å². The number of benzene rings is 1. The van der Waals surface area contributed by atoms with Crippen molar-refractivity contribution in [3.05, 3.63) is 30.3 Å². The summed E-state index contributed by atoms with van der Waals surface area (Å²) in [5.41, 5.74) is 0. The Hall–Kier alpha value is -1.97. The molecule has 0 atom stereocenters. The van der Waals surface area contributed by atoms with Gasteiger partial charge in [-0.2, -0.15) is 4.31 Å². The summed E-state index contributed by atoms with van der Waals surface area (Å²) in [5, 5.41) is 5.87. The molecule has 0 aromatic heterocycles. The van der Waals surface area contributed by atoms with Crippen molar-refractivity contribution in [2.75, 3.05) is 45.8 Å². The summed E-state index contributed by atoms with van der Waals surface area (Å²) < 4.78 is 26.6. The van der Waals surface area contributed by atoms with Crippen LogP contribution >= 0.6 is 0 Å². The third-order valence-electron chi connectivity index (χ3n) is 4.41. The SMILES string of the molecule is CCNCCNC(=O)CCC(=O)N1CCN(S(=O)(=O)c2ccccc2)CC1. The normalized spacial score (nSPS) is 15.5. The lowest BCUT2D eigenvalue weighted by Crippen LogP contribution is -2.50. The first-order valence-corrected chi connectivity index (χ1v) is 10.7. The van der Waals surface area contributed by atoms with Crippen LogP contribution in [-0.4, -0.2) is 75.3 Å². The summed E-state index contributed by atoms with van der Waals surface area (Å²) >= 11 is 0. The van der Waals surface area contributed by atoms with Crippen molar-refractivity contribution >= 4 is 21.8 Å². The van der Waals surface area contributed by atoms with E-state index >= 15 is 0 Å². The lowest BCUT2D eigenvalue weighted by Gasteiger charge is -2.34. The third kappa shape index (κ3) is 6.30. The zero-order valence-electron chi connectivity index (χ0n) is 15.7. The van der Waals surface area contributed by atoms with Gasteiger partial charge in [0.25, 0.3) is 0 Å². The van der Waals surface area contributed by atoms with Gasteiger partial charge in [-0.25, -0.2) is 8.42 Å². The van der Waals surface area contributed by atoms with Crippen LogP contribution in [0.5, 0.6) is 0 Å². The smallest absolute Gasteiger partial charge is 0.243 e. The van der Waals surface area contributed by atoms with Crippen LogP contribution in [0.3, 0.4) is 0 Å². The molecule has 1 aliphatic rings. The first kappa shape index (κ1) is 21.3. The number of nitrogens with zero attached hydrogens (tertiary/aromatic N) is 2. The predicted molar refractivity (Wildman–Crippen MR) is 103 cm³/mol. The van der Waals surface area contributed by atoms with E-state index in [9.17, 15) is 18.0 Å². The van der Waals surface area contributed by atoms with Crippen LogP contribution in [-0.2, 0) is 19.6 Å². The molecular formula is C18H28N4O4S. The molecule has 0 bridgehead atoms. The van der Waals surface area contributed by atoms with Crippen LogP contribution in [0.1, 0.15) is 19.8 Å². The average Bonchev–Trinajstić information content (AvgIpc) is 2.70. The predicted octanol–water partition coefficient (Wildman–Crippen LogP) is 0.0254.